The van der Waals surface area contributed by atoms with Gasteiger partial charge in [-0.05, 0) is 25.4 Å². The van der Waals surface area contributed by atoms with E-state index in [0.717, 1.165) is 5.00 Å². The SMILES string of the molecule is CC(C)Oc1c(N)nsc1N1CCN(CC(F)(F)F)CC1. The number of nitrogens with zero attached hydrogens (tertiary/aromatic N) is 3. The Bertz CT molecular complexity index is 470. The third-order valence-corrected chi connectivity index (χ3v) is 3.98. The molecule has 1 aliphatic rings. The van der Waals surface area contributed by atoms with Crippen LogP contribution in [0.1, 0.15) is 13.8 Å². The Kier molecular flexibility index (Phi) is 4.82. The lowest BCUT2D eigenvalue weighted by Crippen LogP contribution is -2.49. The molecule has 0 aromatic carbocycles. The van der Waals surface area contributed by atoms with E-state index in [2.05, 4.69) is 4.37 Å². The van der Waals surface area contributed by atoms with Crippen molar-refractivity contribution >= 4 is 22.4 Å². The van der Waals surface area contributed by atoms with Crippen LogP contribution < -0.4 is 15.4 Å². The molecule has 1 saturated heterocycles. The number of anilines is 2. The number of nitrogens with two attached hydrogens (primary N) is 1. The maximum Gasteiger partial charge on any atom is 0.401 e. The average molecular weight is 324 g/mol. The number of halogens is 3. The Labute approximate surface area is 125 Å². The molecule has 0 aliphatic carbocycles. The van der Waals surface area contributed by atoms with Crippen molar-refractivity contribution in [3.63, 3.8) is 0 Å². The van der Waals surface area contributed by atoms with E-state index in [1.807, 2.05) is 18.7 Å². The van der Waals surface area contributed by atoms with Gasteiger partial charge in [-0.1, -0.05) is 0 Å². The number of alkyl halides is 3. The first-order chi connectivity index (χ1) is 9.76. The topological polar surface area (TPSA) is 54.6 Å². The molecular formula is C12H19F3N4OS. The summed E-state index contributed by atoms with van der Waals surface area (Å²) in [6.45, 7) is 4.65. The fraction of sp³-hybridized carbons (Fsp3) is 0.750. The highest BCUT2D eigenvalue weighted by Crippen LogP contribution is 2.39. The van der Waals surface area contributed by atoms with Gasteiger partial charge in [-0.2, -0.15) is 17.5 Å². The molecule has 2 N–H and O–H groups in total. The van der Waals surface area contributed by atoms with Gasteiger partial charge in [0.15, 0.2) is 16.6 Å². The Balaban J connectivity index is 1.99. The van der Waals surface area contributed by atoms with Crippen LogP contribution in [0.2, 0.25) is 0 Å². The van der Waals surface area contributed by atoms with Crippen molar-refractivity contribution in [1.29, 1.82) is 0 Å². The molecule has 1 fully saturated rings. The molecule has 1 aromatic heterocycles. The molecule has 9 heteroatoms. The average Bonchev–Trinajstić information content (AvgIpc) is 2.70. The summed E-state index contributed by atoms with van der Waals surface area (Å²) in [7, 11) is 0. The van der Waals surface area contributed by atoms with Crippen molar-refractivity contribution in [2.75, 3.05) is 43.4 Å². The minimum Gasteiger partial charge on any atom is -0.484 e. The molecule has 0 unspecified atom stereocenters. The van der Waals surface area contributed by atoms with Crippen LogP contribution in [0, 0.1) is 0 Å². The number of ether oxygens (including phenoxy) is 1. The van der Waals surface area contributed by atoms with Gasteiger partial charge in [-0.25, -0.2) is 0 Å². The van der Waals surface area contributed by atoms with Gasteiger partial charge in [0.2, 0.25) is 0 Å². The van der Waals surface area contributed by atoms with Gasteiger partial charge >= 0.3 is 6.18 Å². The molecule has 0 atom stereocenters. The predicted octanol–water partition coefficient (Wildman–Crippen LogP) is 2.20. The zero-order valence-corrected chi connectivity index (χ0v) is 12.8. The fourth-order valence-electron chi connectivity index (χ4n) is 2.20. The quantitative estimate of drug-likeness (QED) is 0.920. The molecule has 0 saturated carbocycles. The summed E-state index contributed by atoms with van der Waals surface area (Å²) in [6.07, 6.45) is -4.18. The van der Waals surface area contributed by atoms with E-state index in [0.29, 0.717) is 37.7 Å². The standard InChI is InChI=1S/C12H19F3N4OS/c1-8(2)20-9-10(16)17-21-11(9)19-5-3-18(4-6-19)7-12(13,14)15/h8H,3-7H2,1-2H3,(H2,16,17). The second-order valence-corrected chi connectivity index (χ2v) is 6.00. The molecule has 2 rings (SSSR count). The molecule has 0 radical (unpaired) electrons. The molecule has 0 spiro atoms. The number of nitrogen functional groups attached to an aromatic ring is 1. The molecule has 2 heterocycles. The Morgan fingerprint density at radius 3 is 2.43 bits per heavy atom. The summed E-state index contributed by atoms with van der Waals surface area (Å²) in [4.78, 5) is 3.39. The van der Waals surface area contributed by atoms with E-state index in [-0.39, 0.29) is 6.10 Å². The van der Waals surface area contributed by atoms with Crippen molar-refractivity contribution in [3.8, 4) is 5.75 Å². The molecule has 5 nitrogen and oxygen atoms in total. The maximum atomic E-state index is 12.4. The van der Waals surface area contributed by atoms with Crippen LogP contribution in [-0.4, -0.2) is 54.3 Å². The van der Waals surface area contributed by atoms with Crippen molar-refractivity contribution in [3.05, 3.63) is 0 Å². The predicted molar refractivity (Wildman–Crippen MR) is 77.0 cm³/mol. The zero-order valence-electron chi connectivity index (χ0n) is 12.0. The smallest absolute Gasteiger partial charge is 0.401 e. The van der Waals surface area contributed by atoms with Gasteiger partial charge in [-0.3, -0.25) is 4.90 Å². The third kappa shape index (κ3) is 4.37. The van der Waals surface area contributed by atoms with Crippen LogP contribution in [0.15, 0.2) is 0 Å². The number of hydrogen-bond acceptors (Lipinski definition) is 6. The lowest BCUT2D eigenvalue weighted by Gasteiger charge is -2.35. The van der Waals surface area contributed by atoms with Crippen molar-refractivity contribution in [2.45, 2.75) is 26.1 Å². The fourth-order valence-corrected chi connectivity index (χ4v) is 3.00. The van der Waals surface area contributed by atoms with Crippen LogP contribution in [-0.2, 0) is 0 Å². The van der Waals surface area contributed by atoms with E-state index < -0.39 is 12.7 Å². The van der Waals surface area contributed by atoms with Gasteiger partial charge in [0, 0.05) is 26.2 Å². The molecule has 0 amide bonds. The van der Waals surface area contributed by atoms with Crippen LogP contribution in [0.25, 0.3) is 0 Å². The van der Waals surface area contributed by atoms with Gasteiger partial charge in [0.05, 0.1) is 12.6 Å². The first-order valence-electron chi connectivity index (χ1n) is 6.72. The Hall–Kier alpha value is -1.22. The molecule has 1 aromatic rings. The van der Waals surface area contributed by atoms with Crippen molar-refractivity contribution in [1.82, 2.24) is 9.27 Å². The van der Waals surface area contributed by atoms with Crippen molar-refractivity contribution < 1.29 is 17.9 Å². The van der Waals surface area contributed by atoms with Gasteiger partial charge in [0.25, 0.3) is 0 Å². The molecular weight excluding hydrogens is 305 g/mol. The summed E-state index contributed by atoms with van der Waals surface area (Å²) in [5.41, 5.74) is 5.80. The number of hydrogen-bond donors (Lipinski definition) is 1. The molecule has 120 valence electrons. The normalized spacial score (nSPS) is 17.5. The number of piperazine rings is 1. The Morgan fingerprint density at radius 2 is 1.90 bits per heavy atom. The van der Waals surface area contributed by atoms with Crippen molar-refractivity contribution in [2.24, 2.45) is 0 Å². The van der Waals surface area contributed by atoms with Crippen LogP contribution in [0.4, 0.5) is 24.0 Å². The van der Waals surface area contributed by atoms with E-state index in [1.54, 1.807) is 0 Å². The largest absolute Gasteiger partial charge is 0.484 e. The van der Waals surface area contributed by atoms with E-state index in [9.17, 15) is 13.2 Å². The zero-order chi connectivity index (χ0) is 15.6. The van der Waals surface area contributed by atoms with E-state index >= 15 is 0 Å². The minimum atomic E-state index is -4.15. The second-order valence-electron chi connectivity index (χ2n) is 5.25. The lowest BCUT2D eigenvalue weighted by atomic mass is 10.3. The van der Waals surface area contributed by atoms with Crippen LogP contribution in [0.5, 0.6) is 5.75 Å². The minimum absolute atomic E-state index is 0.0334. The molecule has 21 heavy (non-hydrogen) atoms. The second kappa shape index (κ2) is 6.27. The summed E-state index contributed by atoms with van der Waals surface area (Å²) in [5.74, 6) is 0.876. The summed E-state index contributed by atoms with van der Waals surface area (Å²) in [6, 6.07) is 0. The van der Waals surface area contributed by atoms with Crippen LogP contribution in [0.3, 0.4) is 0 Å². The summed E-state index contributed by atoms with van der Waals surface area (Å²) >= 11 is 1.22. The van der Waals surface area contributed by atoms with Crippen LogP contribution >= 0.6 is 11.5 Å². The highest BCUT2D eigenvalue weighted by molar-refractivity contribution is 7.11. The number of rotatable bonds is 4. The van der Waals surface area contributed by atoms with Gasteiger partial charge in [0.1, 0.15) is 0 Å². The monoisotopic (exact) mass is 324 g/mol. The third-order valence-electron chi connectivity index (χ3n) is 3.07. The molecule has 1 aliphatic heterocycles. The van der Waals surface area contributed by atoms with Gasteiger partial charge in [-0.15, -0.1) is 0 Å². The maximum absolute atomic E-state index is 12.4. The Morgan fingerprint density at radius 1 is 1.29 bits per heavy atom. The molecule has 0 bridgehead atoms. The highest BCUT2D eigenvalue weighted by Gasteiger charge is 2.33. The first-order valence-corrected chi connectivity index (χ1v) is 7.49. The van der Waals surface area contributed by atoms with E-state index in [4.69, 9.17) is 10.5 Å². The number of aromatic nitrogens is 1. The highest BCUT2D eigenvalue weighted by atomic mass is 32.1. The van der Waals surface area contributed by atoms with E-state index in [1.165, 1.54) is 16.4 Å². The first kappa shape index (κ1) is 16.2. The van der Waals surface area contributed by atoms with Gasteiger partial charge < -0.3 is 15.4 Å². The summed E-state index contributed by atoms with van der Waals surface area (Å²) in [5, 5.41) is 0.799. The lowest BCUT2D eigenvalue weighted by molar-refractivity contribution is -0.146. The summed E-state index contributed by atoms with van der Waals surface area (Å²) < 4.78 is 46.9.